The van der Waals surface area contributed by atoms with Gasteiger partial charge in [-0.05, 0) is 32.1 Å². The molecule has 0 saturated carbocycles. The highest BCUT2D eigenvalue weighted by molar-refractivity contribution is 5.77. The van der Waals surface area contributed by atoms with Gasteiger partial charge in [0.1, 0.15) is 0 Å². The highest BCUT2D eigenvalue weighted by atomic mass is 16.5. The first kappa shape index (κ1) is 15.1. The van der Waals surface area contributed by atoms with E-state index in [0.29, 0.717) is 12.0 Å². The standard InChI is InChI=1S/C15H28N2O/c1-7-9-10-11-13-15(4,12(3)8-2)17(5)14(16-13)18-6/h7,12-13H,1,8-11H2,2-6H3. The van der Waals surface area contributed by atoms with Crippen LogP contribution in [-0.2, 0) is 4.74 Å². The average molecular weight is 252 g/mol. The molecule has 104 valence electrons. The molecular weight excluding hydrogens is 224 g/mol. The number of aliphatic imine (C=N–C) groups is 1. The van der Waals surface area contributed by atoms with Crippen molar-refractivity contribution in [2.45, 2.75) is 58.0 Å². The van der Waals surface area contributed by atoms with Gasteiger partial charge in [-0.2, -0.15) is 0 Å². The Morgan fingerprint density at radius 1 is 1.61 bits per heavy atom. The van der Waals surface area contributed by atoms with Crippen LogP contribution >= 0.6 is 0 Å². The van der Waals surface area contributed by atoms with E-state index < -0.39 is 0 Å². The van der Waals surface area contributed by atoms with Crippen molar-refractivity contribution >= 4 is 6.02 Å². The highest BCUT2D eigenvalue weighted by Crippen LogP contribution is 2.38. The molecule has 0 fully saturated rings. The maximum atomic E-state index is 5.41. The van der Waals surface area contributed by atoms with Crippen LogP contribution in [0.3, 0.4) is 0 Å². The number of rotatable bonds is 6. The van der Waals surface area contributed by atoms with Crippen LogP contribution in [0.15, 0.2) is 17.6 Å². The third kappa shape index (κ3) is 2.55. The Balaban J connectivity index is 2.87. The lowest BCUT2D eigenvalue weighted by Crippen LogP contribution is -2.53. The molecule has 0 aromatic carbocycles. The van der Waals surface area contributed by atoms with Crippen molar-refractivity contribution in [3.63, 3.8) is 0 Å². The minimum absolute atomic E-state index is 0.0707. The molecule has 0 aliphatic carbocycles. The molecule has 0 radical (unpaired) electrons. The summed E-state index contributed by atoms with van der Waals surface area (Å²) in [5, 5.41) is 0. The van der Waals surface area contributed by atoms with Crippen molar-refractivity contribution in [3.8, 4) is 0 Å². The Bertz CT molecular complexity index is 314. The Morgan fingerprint density at radius 3 is 2.78 bits per heavy atom. The average Bonchev–Trinajstić information content (AvgIpc) is 2.63. The molecule has 3 heteroatoms. The predicted molar refractivity (Wildman–Crippen MR) is 77.9 cm³/mol. The minimum Gasteiger partial charge on any atom is -0.468 e. The van der Waals surface area contributed by atoms with E-state index in [9.17, 15) is 0 Å². The Morgan fingerprint density at radius 2 is 2.28 bits per heavy atom. The topological polar surface area (TPSA) is 24.8 Å². The van der Waals surface area contributed by atoms with Crippen molar-refractivity contribution in [2.75, 3.05) is 14.2 Å². The molecule has 0 spiro atoms. The summed E-state index contributed by atoms with van der Waals surface area (Å²) >= 11 is 0. The fourth-order valence-corrected chi connectivity index (χ4v) is 2.85. The molecule has 3 atom stereocenters. The van der Waals surface area contributed by atoms with Gasteiger partial charge < -0.3 is 9.64 Å². The fourth-order valence-electron chi connectivity index (χ4n) is 2.85. The lowest BCUT2D eigenvalue weighted by atomic mass is 9.77. The normalized spacial score (nSPS) is 29.1. The molecule has 1 heterocycles. The van der Waals surface area contributed by atoms with E-state index in [1.165, 1.54) is 0 Å². The molecule has 1 aliphatic heterocycles. The van der Waals surface area contributed by atoms with E-state index in [1.54, 1.807) is 7.11 Å². The summed E-state index contributed by atoms with van der Waals surface area (Å²) in [6, 6.07) is 1.11. The van der Waals surface area contributed by atoms with Crippen LogP contribution in [-0.4, -0.2) is 36.7 Å². The van der Waals surface area contributed by atoms with Crippen LogP contribution < -0.4 is 0 Å². The Kier molecular flexibility index (Phi) is 5.24. The smallest absolute Gasteiger partial charge is 0.287 e. The molecule has 0 bridgehead atoms. The zero-order chi connectivity index (χ0) is 13.8. The molecule has 1 aliphatic rings. The summed E-state index contributed by atoms with van der Waals surface area (Å²) in [6.07, 6.45) is 6.46. The third-order valence-electron chi connectivity index (χ3n) is 4.63. The first-order chi connectivity index (χ1) is 8.52. The summed E-state index contributed by atoms with van der Waals surface area (Å²) in [7, 11) is 3.81. The lowest BCUT2D eigenvalue weighted by molar-refractivity contribution is 0.112. The fraction of sp³-hybridized carbons (Fsp3) is 0.800. The molecule has 1 rings (SSSR count). The summed E-state index contributed by atoms with van der Waals surface area (Å²) in [5.41, 5.74) is 0.0707. The zero-order valence-corrected chi connectivity index (χ0v) is 12.6. The number of hydrogen-bond donors (Lipinski definition) is 0. The van der Waals surface area contributed by atoms with Crippen molar-refractivity contribution < 1.29 is 4.74 Å². The van der Waals surface area contributed by atoms with Crippen LogP contribution in [0.4, 0.5) is 0 Å². The van der Waals surface area contributed by atoms with E-state index in [1.807, 2.05) is 6.08 Å². The van der Waals surface area contributed by atoms with Gasteiger partial charge in [-0.1, -0.05) is 26.3 Å². The summed E-state index contributed by atoms with van der Waals surface area (Å²) in [6.45, 7) is 10.7. The van der Waals surface area contributed by atoms with Gasteiger partial charge in [0, 0.05) is 7.05 Å². The second kappa shape index (κ2) is 6.26. The molecule has 0 amide bonds. The zero-order valence-electron chi connectivity index (χ0n) is 12.6. The first-order valence-electron chi connectivity index (χ1n) is 6.98. The Labute approximate surface area is 112 Å². The highest BCUT2D eigenvalue weighted by Gasteiger charge is 2.48. The van der Waals surface area contributed by atoms with Crippen LogP contribution in [0.2, 0.25) is 0 Å². The van der Waals surface area contributed by atoms with Gasteiger partial charge in [-0.25, -0.2) is 4.99 Å². The molecule has 3 unspecified atom stereocenters. The monoisotopic (exact) mass is 252 g/mol. The van der Waals surface area contributed by atoms with Gasteiger partial charge in [0.15, 0.2) is 0 Å². The van der Waals surface area contributed by atoms with Crippen LogP contribution in [0, 0.1) is 5.92 Å². The third-order valence-corrected chi connectivity index (χ3v) is 4.63. The number of nitrogens with zero attached hydrogens (tertiary/aromatic N) is 2. The number of methoxy groups -OCH3 is 1. The van der Waals surface area contributed by atoms with Crippen molar-refractivity contribution in [1.29, 1.82) is 0 Å². The molecule has 0 aromatic heterocycles. The van der Waals surface area contributed by atoms with Gasteiger partial charge in [-0.3, -0.25) is 0 Å². The van der Waals surface area contributed by atoms with Crippen molar-refractivity contribution in [1.82, 2.24) is 4.90 Å². The van der Waals surface area contributed by atoms with Gasteiger partial charge in [0.2, 0.25) is 0 Å². The lowest BCUT2D eigenvalue weighted by Gasteiger charge is -2.42. The summed E-state index contributed by atoms with van der Waals surface area (Å²) < 4.78 is 5.41. The van der Waals surface area contributed by atoms with Crippen molar-refractivity contribution in [3.05, 3.63) is 12.7 Å². The molecule has 0 saturated heterocycles. The number of ether oxygens (including phenoxy) is 1. The molecule has 3 nitrogen and oxygen atoms in total. The number of allylic oxidation sites excluding steroid dienone is 1. The van der Waals surface area contributed by atoms with E-state index in [2.05, 4.69) is 39.3 Å². The summed E-state index contributed by atoms with van der Waals surface area (Å²) in [4.78, 5) is 6.99. The number of likely N-dealkylation sites (N-methyl/N-ethyl adjacent to an activating group) is 1. The second-order valence-corrected chi connectivity index (χ2v) is 5.45. The van der Waals surface area contributed by atoms with E-state index >= 15 is 0 Å². The molecule has 0 N–H and O–H groups in total. The maximum absolute atomic E-state index is 5.41. The summed E-state index contributed by atoms with van der Waals surface area (Å²) in [5.74, 6) is 0.590. The first-order valence-corrected chi connectivity index (χ1v) is 6.98. The van der Waals surface area contributed by atoms with Crippen LogP contribution in [0.5, 0.6) is 0 Å². The SMILES string of the molecule is C=CCCCC1N=C(OC)N(C)C1(C)C(C)CC. The molecular formula is C15H28N2O. The van der Waals surface area contributed by atoms with Gasteiger partial charge >= 0.3 is 0 Å². The number of hydrogen-bond acceptors (Lipinski definition) is 3. The van der Waals surface area contributed by atoms with Gasteiger partial charge in [-0.15, -0.1) is 6.58 Å². The van der Waals surface area contributed by atoms with Crippen LogP contribution in [0.25, 0.3) is 0 Å². The number of amidine groups is 1. The minimum atomic E-state index is 0.0707. The Hall–Kier alpha value is -0.990. The largest absolute Gasteiger partial charge is 0.468 e. The molecule has 0 aromatic rings. The second-order valence-electron chi connectivity index (χ2n) is 5.45. The van der Waals surface area contributed by atoms with Gasteiger partial charge in [0.25, 0.3) is 6.02 Å². The van der Waals surface area contributed by atoms with Crippen molar-refractivity contribution in [2.24, 2.45) is 10.9 Å². The quantitative estimate of drug-likeness (QED) is 0.534. The predicted octanol–water partition coefficient (Wildman–Crippen LogP) is 3.46. The maximum Gasteiger partial charge on any atom is 0.287 e. The van der Waals surface area contributed by atoms with Gasteiger partial charge in [0.05, 0.1) is 18.7 Å². The van der Waals surface area contributed by atoms with E-state index in [4.69, 9.17) is 9.73 Å². The van der Waals surface area contributed by atoms with E-state index in [-0.39, 0.29) is 5.54 Å². The van der Waals surface area contributed by atoms with E-state index in [0.717, 1.165) is 31.7 Å². The van der Waals surface area contributed by atoms with Crippen LogP contribution in [0.1, 0.15) is 46.5 Å². The number of unbranched alkanes of at least 4 members (excludes halogenated alkanes) is 1. The molecule has 18 heavy (non-hydrogen) atoms.